The van der Waals surface area contributed by atoms with Crippen LogP contribution in [0.5, 0.6) is 0 Å². The first kappa shape index (κ1) is 9.40. The van der Waals surface area contributed by atoms with Gasteiger partial charge >= 0.3 is 0 Å². The van der Waals surface area contributed by atoms with Gasteiger partial charge in [0.1, 0.15) is 0 Å². The van der Waals surface area contributed by atoms with Crippen LogP contribution in [0.25, 0.3) is 0 Å². The van der Waals surface area contributed by atoms with Gasteiger partial charge in [0, 0.05) is 19.6 Å². The first-order chi connectivity index (χ1) is 6.86. The lowest BCUT2D eigenvalue weighted by atomic mass is 10.3. The zero-order valence-corrected chi connectivity index (χ0v) is 8.53. The minimum Gasteiger partial charge on any atom is -0.354 e. The van der Waals surface area contributed by atoms with E-state index in [1.165, 1.54) is 6.42 Å². The number of nitrogens with one attached hydrogen (secondary N) is 1. The number of anilines is 1. The Morgan fingerprint density at radius 1 is 1.21 bits per heavy atom. The normalized spacial score (nSPS) is 17.9. The Morgan fingerprint density at radius 2 is 2.14 bits per heavy atom. The molecule has 1 N–H and O–H groups in total. The maximum atomic E-state index is 4.19. The van der Waals surface area contributed by atoms with Crippen LogP contribution in [0.2, 0.25) is 0 Å². The largest absolute Gasteiger partial charge is 0.354 e. The average Bonchev–Trinajstić information content (AvgIpc) is 2.47. The molecule has 2 rings (SSSR count). The summed E-state index contributed by atoms with van der Waals surface area (Å²) >= 11 is 0. The molecule has 76 valence electrons. The molecule has 1 saturated heterocycles. The van der Waals surface area contributed by atoms with Gasteiger partial charge in [-0.1, -0.05) is 0 Å². The molecule has 4 nitrogen and oxygen atoms in total. The van der Waals surface area contributed by atoms with E-state index in [4.69, 9.17) is 0 Å². The average molecular weight is 192 g/mol. The van der Waals surface area contributed by atoms with Crippen molar-refractivity contribution in [2.45, 2.75) is 13.3 Å². The molecule has 14 heavy (non-hydrogen) atoms. The van der Waals surface area contributed by atoms with Crippen molar-refractivity contribution >= 4 is 5.82 Å². The van der Waals surface area contributed by atoms with Crippen molar-refractivity contribution in [3.8, 4) is 0 Å². The monoisotopic (exact) mass is 192 g/mol. The third-order valence-corrected chi connectivity index (χ3v) is 2.45. The summed E-state index contributed by atoms with van der Waals surface area (Å²) in [6.45, 7) is 6.20. The number of hydrogen-bond donors (Lipinski definition) is 1. The molecule has 0 bridgehead atoms. The highest BCUT2D eigenvalue weighted by Crippen LogP contribution is 2.10. The van der Waals surface area contributed by atoms with E-state index in [9.17, 15) is 0 Å². The third kappa shape index (κ3) is 2.20. The molecule has 1 aromatic heterocycles. The molecule has 1 aliphatic rings. The van der Waals surface area contributed by atoms with E-state index in [1.807, 2.05) is 19.1 Å². The van der Waals surface area contributed by atoms with Crippen LogP contribution in [0.1, 0.15) is 12.1 Å². The Kier molecular flexibility index (Phi) is 2.93. The number of nitrogens with zero attached hydrogens (tertiary/aromatic N) is 3. The van der Waals surface area contributed by atoms with Gasteiger partial charge in [-0.3, -0.25) is 0 Å². The molecule has 0 unspecified atom stereocenters. The van der Waals surface area contributed by atoms with Gasteiger partial charge in [-0.2, -0.15) is 5.10 Å². The molecule has 2 heterocycles. The van der Waals surface area contributed by atoms with Crippen molar-refractivity contribution in [2.24, 2.45) is 0 Å². The number of aromatic nitrogens is 2. The van der Waals surface area contributed by atoms with E-state index in [-0.39, 0.29) is 0 Å². The smallest absolute Gasteiger partial charge is 0.151 e. The van der Waals surface area contributed by atoms with E-state index >= 15 is 0 Å². The van der Waals surface area contributed by atoms with Crippen LogP contribution in [0.3, 0.4) is 0 Å². The molecule has 0 atom stereocenters. The zero-order valence-electron chi connectivity index (χ0n) is 8.53. The standard InChI is InChI=1S/C10H16N4/c1-9-3-4-10(13-12-9)14-7-2-5-11-6-8-14/h3-4,11H,2,5-8H2,1H3. The maximum absolute atomic E-state index is 4.19. The maximum Gasteiger partial charge on any atom is 0.151 e. The Morgan fingerprint density at radius 3 is 2.93 bits per heavy atom. The Balaban J connectivity index is 2.08. The zero-order chi connectivity index (χ0) is 9.80. The molecule has 1 aromatic rings. The molecule has 1 aliphatic heterocycles. The van der Waals surface area contributed by atoms with Gasteiger partial charge in [-0.15, -0.1) is 5.10 Å². The summed E-state index contributed by atoms with van der Waals surface area (Å²) in [6.07, 6.45) is 1.18. The van der Waals surface area contributed by atoms with Crippen molar-refractivity contribution < 1.29 is 0 Å². The highest BCUT2D eigenvalue weighted by atomic mass is 15.3. The molecule has 0 radical (unpaired) electrons. The van der Waals surface area contributed by atoms with Gasteiger partial charge in [0.05, 0.1) is 5.69 Å². The van der Waals surface area contributed by atoms with E-state index in [1.54, 1.807) is 0 Å². The fourth-order valence-corrected chi connectivity index (χ4v) is 1.64. The second-order valence-corrected chi connectivity index (χ2v) is 3.62. The molecule has 0 aliphatic carbocycles. The van der Waals surface area contributed by atoms with E-state index in [0.29, 0.717) is 0 Å². The summed E-state index contributed by atoms with van der Waals surface area (Å²) in [5, 5.41) is 11.6. The molecule has 4 heteroatoms. The first-order valence-corrected chi connectivity index (χ1v) is 5.12. The lowest BCUT2D eigenvalue weighted by Gasteiger charge is -2.19. The van der Waals surface area contributed by atoms with Gasteiger partial charge in [0.25, 0.3) is 0 Å². The number of rotatable bonds is 1. The highest BCUT2D eigenvalue weighted by molar-refractivity contribution is 5.37. The molecule has 0 aromatic carbocycles. The van der Waals surface area contributed by atoms with Crippen LogP contribution in [0.15, 0.2) is 12.1 Å². The fourth-order valence-electron chi connectivity index (χ4n) is 1.64. The highest BCUT2D eigenvalue weighted by Gasteiger charge is 2.10. The summed E-state index contributed by atoms with van der Waals surface area (Å²) < 4.78 is 0. The first-order valence-electron chi connectivity index (χ1n) is 5.12. The van der Waals surface area contributed by atoms with E-state index in [2.05, 4.69) is 20.4 Å². The van der Waals surface area contributed by atoms with Crippen molar-refractivity contribution in [3.05, 3.63) is 17.8 Å². The molecule has 0 saturated carbocycles. The Bertz CT molecular complexity index is 275. The topological polar surface area (TPSA) is 41.0 Å². The minimum atomic E-state index is 0.974. The second-order valence-electron chi connectivity index (χ2n) is 3.62. The summed E-state index contributed by atoms with van der Waals surface area (Å²) in [5.74, 6) is 0.999. The SMILES string of the molecule is Cc1ccc(N2CCCNCC2)nn1. The molecular formula is C10H16N4. The lowest BCUT2D eigenvalue weighted by molar-refractivity contribution is 0.724. The summed E-state index contributed by atoms with van der Waals surface area (Å²) in [6, 6.07) is 4.06. The van der Waals surface area contributed by atoms with Crippen molar-refractivity contribution in [3.63, 3.8) is 0 Å². The van der Waals surface area contributed by atoms with Crippen LogP contribution < -0.4 is 10.2 Å². The van der Waals surface area contributed by atoms with Crippen LogP contribution >= 0.6 is 0 Å². The quantitative estimate of drug-likeness (QED) is 0.707. The van der Waals surface area contributed by atoms with Gasteiger partial charge in [-0.25, -0.2) is 0 Å². The summed E-state index contributed by atoms with van der Waals surface area (Å²) in [4.78, 5) is 2.28. The lowest BCUT2D eigenvalue weighted by Crippen LogP contribution is -2.28. The third-order valence-electron chi connectivity index (χ3n) is 2.45. The summed E-state index contributed by atoms with van der Waals surface area (Å²) in [5.41, 5.74) is 0.974. The Labute approximate surface area is 84.3 Å². The van der Waals surface area contributed by atoms with Crippen LogP contribution in [-0.2, 0) is 0 Å². The van der Waals surface area contributed by atoms with Crippen LogP contribution in [0.4, 0.5) is 5.82 Å². The van der Waals surface area contributed by atoms with Gasteiger partial charge in [-0.05, 0) is 32.0 Å². The molecule has 0 spiro atoms. The number of hydrogen-bond acceptors (Lipinski definition) is 4. The molecule has 1 fully saturated rings. The van der Waals surface area contributed by atoms with Crippen molar-refractivity contribution in [2.75, 3.05) is 31.1 Å². The predicted octanol–water partition coefficient (Wildman–Crippen LogP) is 0.585. The van der Waals surface area contributed by atoms with E-state index in [0.717, 1.165) is 37.7 Å². The summed E-state index contributed by atoms with van der Waals surface area (Å²) in [7, 11) is 0. The molecular weight excluding hydrogens is 176 g/mol. The predicted molar refractivity (Wildman–Crippen MR) is 56.5 cm³/mol. The van der Waals surface area contributed by atoms with Crippen LogP contribution in [-0.4, -0.2) is 36.4 Å². The fraction of sp³-hybridized carbons (Fsp3) is 0.600. The van der Waals surface area contributed by atoms with Crippen molar-refractivity contribution in [1.82, 2.24) is 15.5 Å². The van der Waals surface area contributed by atoms with Crippen LogP contribution in [0, 0.1) is 6.92 Å². The van der Waals surface area contributed by atoms with Crippen molar-refractivity contribution in [1.29, 1.82) is 0 Å². The van der Waals surface area contributed by atoms with Gasteiger partial charge in [0.15, 0.2) is 5.82 Å². The second kappa shape index (κ2) is 4.37. The minimum absolute atomic E-state index is 0.974. The number of aryl methyl sites for hydroxylation is 1. The van der Waals surface area contributed by atoms with E-state index < -0.39 is 0 Å². The van der Waals surface area contributed by atoms with Gasteiger partial charge in [0.2, 0.25) is 0 Å². The molecule has 0 amide bonds. The Hall–Kier alpha value is -1.16. The van der Waals surface area contributed by atoms with Gasteiger partial charge < -0.3 is 10.2 Å².